The fraction of sp³-hybridized carbons (Fsp3) is 0.636. The molecule has 4 heteroatoms. The molecule has 2 atom stereocenters. The van der Waals surface area contributed by atoms with Crippen molar-refractivity contribution in [3.05, 3.63) is 20.8 Å². The Labute approximate surface area is 104 Å². The van der Waals surface area contributed by atoms with Crippen molar-refractivity contribution in [1.29, 1.82) is 0 Å². The number of halogens is 1. The molecule has 15 heavy (non-hydrogen) atoms. The van der Waals surface area contributed by atoms with E-state index >= 15 is 0 Å². The molecule has 2 nitrogen and oxygen atoms in total. The zero-order valence-corrected chi connectivity index (χ0v) is 11.6. The van der Waals surface area contributed by atoms with Gasteiger partial charge in [0.05, 0.1) is 9.89 Å². The molecule has 0 saturated carbocycles. The summed E-state index contributed by atoms with van der Waals surface area (Å²) in [7, 11) is 1.74. The van der Waals surface area contributed by atoms with Crippen LogP contribution in [0.4, 0.5) is 0 Å². The highest BCUT2D eigenvalue weighted by atomic mass is 79.9. The number of thiophene rings is 1. The molecule has 1 aromatic rings. The highest BCUT2D eigenvalue weighted by Gasteiger charge is 2.17. The fourth-order valence-corrected chi connectivity index (χ4v) is 3.17. The Balaban J connectivity index is 2.49. The minimum Gasteiger partial charge on any atom is -0.380 e. The van der Waals surface area contributed by atoms with E-state index < -0.39 is 0 Å². The first-order chi connectivity index (χ1) is 7.17. The lowest BCUT2D eigenvalue weighted by molar-refractivity contribution is 0.0729. The quantitative estimate of drug-likeness (QED) is 0.874. The molecule has 0 saturated heterocycles. The fourth-order valence-electron chi connectivity index (χ4n) is 1.62. The molecule has 1 aromatic heterocycles. The van der Waals surface area contributed by atoms with E-state index in [4.69, 9.17) is 10.5 Å². The summed E-state index contributed by atoms with van der Waals surface area (Å²) in [6, 6.07) is 4.28. The van der Waals surface area contributed by atoms with Gasteiger partial charge in [-0.15, -0.1) is 11.3 Å². The summed E-state index contributed by atoms with van der Waals surface area (Å²) in [5, 5.41) is 0. The number of rotatable bonds is 6. The molecule has 0 aromatic carbocycles. The minimum atomic E-state index is 0.0977. The SMILES string of the molecule is CCCC(OC)C(N)Cc1ccc(Br)s1. The van der Waals surface area contributed by atoms with Gasteiger partial charge < -0.3 is 10.5 Å². The Bertz CT molecular complexity index is 290. The third-order valence-corrected chi connectivity index (χ3v) is 4.07. The van der Waals surface area contributed by atoms with Crippen LogP contribution in [0.5, 0.6) is 0 Å². The van der Waals surface area contributed by atoms with E-state index in [2.05, 4.69) is 35.0 Å². The summed E-state index contributed by atoms with van der Waals surface area (Å²) < 4.78 is 6.56. The first-order valence-electron chi connectivity index (χ1n) is 5.20. The van der Waals surface area contributed by atoms with E-state index in [1.54, 1.807) is 18.4 Å². The van der Waals surface area contributed by atoms with Gasteiger partial charge in [-0.1, -0.05) is 13.3 Å². The molecule has 0 fully saturated rings. The molecule has 0 spiro atoms. The van der Waals surface area contributed by atoms with Crippen molar-refractivity contribution in [3.8, 4) is 0 Å². The largest absolute Gasteiger partial charge is 0.380 e. The van der Waals surface area contributed by atoms with Crippen LogP contribution < -0.4 is 5.73 Å². The zero-order valence-electron chi connectivity index (χ0n) is 9.20. The van der Waals surface area contributed by atoms with Gasteiger partial charge in [-0.2, -0.15) is 0 Å². The van der Waals surface area contributed by atoms with Crippen LogP contribution >= 0.6 is 27.3 Å². The van der Waals surface area contributed by atoms with Gasteiger partial charge in [-0.25, -0.2) is 0 Å². The maximum Gasteiger partial charge on any atom is 0.0725 e. The van der Waals surface area contributed by atoms with Gasteiger partial charge in [0.2, 0.25) is 0 Å². The lowest BCUT2D eigenvalue weighted by Crippen LogP contribution is -2.37. The molecule has 0 amide bonds. The van der Waals surface area contributed by atoms with Crippen molar-refractivity contribution in [2.45, 2.75) is 38.3 Å². The monoisotopic (exact) mass is 291 g/mol. The zero-order chi connectivity index (χ0) is 11.3. The molecule has 86 valence electrons. The predicted octanol–water partition coefficient (Wildman–Crippen LogP) is 3.20. The van der Waals surface area contributed by atoms with Gasteiger partial charge in [0.25, 0.3) is 0 Å². The van der Waals surface area contributed by atoms with Gasteiger partial charge in [-0.3, -0.25) is 0 Å². The van der Waals surface area contributed by atoms with Gasteiger partial charge >= 0.3 is 0 Å². The second kappa shape index (κ2) is 6.63. The molecule has 1 rings (SSSR count). The highest BCUT2D eigenvalue weighted by Crippen LogP contribution is 2.23. The normalized spacial score (nSPS) is 15.2. The smallest absolute Gasteiger partial charge is 0.0725 e. The van der Waals surface area contributed by atoms with E-state index in [0.717, 1.165) is 23.0 Å². The van der Waals surface area contributed by atoms with Crippen LogP contribution in [0, 0.1) is 0 Å². The molecular formula is C11H18BrNOS. The van der Waals surface area contributed by atoms with Crippen molar-refractivity contribution in [1.82, 2.24) is 0 Å². The average Bonchev–Trinajstić information content (AvgIpc) is 2.60. The molecule has 0 aliphatic heterocycles. The maximum atomic E-state index is 6.12. The number of ether oxygens (including phenoxy) is 1. The Morgan fingerprint density at radius 1 is 1.53 bits per heavy atom. The minimum absolute atomic E-state index is 0.0977. The second-order valence-corrected chi connectivity index (χ2v) is 6.18. The predicted molar refractivity (Wildman–Crippen MR) is 69.4 cm³/mol. The van der Waals surface area contributed by atoms with Crippen molar-refractivity contribution in [2.24, 2.45) is 5.73 Å². The van der Waals surface area contributed by atoms with Crippen molar-refractivity contribution >= 4 is 27.3 Å². The molecule has 0 aliphatic rings. The van der Waals surface area contributed by atoms with Gasteiger partial charge in [0.1, 0.15) is 0 Å². The Morgan fingerprint density at radius 3 is 2.73 bits per heavy atom. The Kier molecular flexibility index (Phi) is 5.82. The lowest BCUT2D eigenvalue weighted by Gasteiger charge is -2.21. The van der Waals surface area contributed by atoms with Crippen LogP contribution in [0.15, 0.2) is 15.9 Å². The molecule has 2 unspecified atom stereocenters. The summed E-state index contributed by atoms with van der Waals surface area (Å²) in [6.45, 7) is 2.15. The third-order valence-electron chi connectivity index (χ3n) is 2.42. The first kappa shape index (κ1) is 13.2. The van der Waals surface area contributed by atoms with Gasteiger partial charge in [-0.05, 0) is 40.9 Å². The lowest BCUT2D eigenvalue weighted by atomic mass is 10.0. The van der Waals surface area contributed by atoms with Crippen molar-refractivity contribution < 1.29 is 4.74 Å². The van der Waals surface area contributed by atoms with Crippen molar-refractivity contribution in [3.63, 3.8) is 0 Å². The Hall–Kier alpha value is 0.1000. The van der Waals surface area contributed by atoms with Gasteiger partial charge in [0.15, 0.2) is 0 Å². The van der Waals surface area contributed by atoms with E-state index in [1.165, 1.54) is 4.88 Å². The topological polar surface area (TPSA) is 35.2 Å². The van der Waals surface area contributed by atoms with E-state index in [1.807, 2.05) is 0 Å². The molecule has 0 radical (unpaired) electrons. The summed E-state index contributed by atoms with van der Waals surface area (Å²) >= 11 is 5.20. The van der Waals surface area contributed by atoms with E-state index in [0.29, 0.717) is 0 Å². The highest BCUT2D eigenvalue weighted by molar-refractivity contribution is 9.11. The summed E-state index contributed by atoms with van der Waals surface area (Å²) in [5.74, 6) is 0. The van der Waals surface area contributed by atoms with Crippen LogP contribution in [0.1, 0.15) is 24.6 Å². The summed E-state index contributed by atoms with van der Waals surface area (Å²) in [4.78, 5) is 1.31. The Morgan fingerprint density at radius 2 is 2.27 bits per heavy atom. The van der Waals surface area contributed by atoms with Crippen LogP contribution in [0.3, 0.4) is 0 Å². The molecule has 0 aliphatic carbocycles. The number of hydrogen-bond donors (Lipinski definition) is 1. The van der Waals surface area contributed by atoms with E-state index in [-0.39, 0.29) is 12.1 Å². The van der Waals surface area contributed by atoms with E-state index in [9.17, 15) is 0 Å². The van der Waals surface area contributed by atoms with Crippen molar-refractivity contribution in [2.75, 3.05) is 7.11 Å². The summed E-state index contributed by atoms with van der Waals surface area (Å²) in [5.41, 5.74) is 6.12. The van der Waals surface area contributed by atoms with Crippen LogP contribution in [0.2, 0.25) is 0 Å². The number of nitrogens with two attached hydrogens (primary N) is 1. The number of hydrogen-bond acceptors (Lipinski definition) is 3. The van der Waals surface area contributed by atoms with Crippen LogP contribution in [0.25, 0.3) is 0 Å². The second-order valence-electron chi connectivity index (χ2n) is 3.64. The standard InChI is InChI=1S/C11H18BrNOS/c1-3-4-10(14-2)9(13)7-8-5-6-11(12)15-8/h5-6,9-10H,3-4,7,13H2,1-2H3. The molecule has 1 heterocycles. The maximum absolute atomic E-state index is 6.12. The first-order valence-corrected chi connectivity index (χ1v) is 6.81. The summed E-state index contributed by atoms with van der Waals surface area (Å²) in [6.07, 6.45) is 3.22. The van der Waals surface area contributed by atoms with Crippen LogP contribution in [-0.2, 0) is 11.2 Å². The molecule has 2 N–H and O–H groups in total. The molecule has 0 bridgehead atoms. The molecular weight excluding hydrogens is 274 g/mol. The van der Waals surface area contributed by atoms with Crippen LogP contribution in [-0.4, -0.2) is 19.3 Å². The third kappa shape index (κ3) is 4.23. The van der Waals surface area contributed by atoms with Gasteiger partial charge in [0, 0.05) is 18.0 Å². The average molecular weight is 292 g/mol. The number of methoxy groups -OCH3 is 1.